The Labute approximate surface area is 164 Å². The Bertz CT molecular complexity index is 875. The molecule has 0 unspecified atom stereocenters. The first kappa shape index (κ1) is 21.6. The van der Waals surface area contributed by atoms with Gasteiger partial charge in [-0.25, -0.2) is 4.79 Å². The van der Waals surface area contributed by atoms with E-state index in [9.17, 15) is 9.59 Å². The van der Waals surface area contributed by atoms with Crippen LogP contribution in [-0.2, 0) is 11.3 Å². The number of methoxy groups -OCH3 is 2. The van der Waals surface area contributed by atoms with Crippen LogP contribution in [0.5, 0.6) is 17.2 Å². The molecular weight excluding hydrogens is 364 g/mol. The summed E-state index contributed by atoms with van der Waals surface area (Å²) in [5.74, 6) is 1.15. The maximum Gasteiger partial charge on any atom is 0.412 e. The summed E-state index contributed by atoms with van der Waals surface area (Å²) in [6, 6.07) is 3.23. The molecule has 0 saturated heterocycles. The third-order valence-electron chi connectivity index (χ3n) is 4.14. The van der Waals surface area contributed by atoms with Crippen LogP contribution in [0.2, 0.25) is 0 Å². The van der Waals surface area contributed by atoms with Gasteiger partial charge in [0.1, 0.15) is 0 Å². The van der Waals surface area contributed by atoms with Gasteiger partial charge in [0, 0.05) is 25.1 Å². The summed E-state index contributed by atoms with van der Waals surface area (Å²) in [6.07, 6.45) is 1.76. The smallest absolute Gasteiger partial charge is 0.412 e. The lowest BCUT2D eigenvalue weighted by molar-refractivity contribution is 0.0771. The van der Waals surface area contributed by atoms with Gasteiger partial charge in [0.2, 0.25) is 0 Å². The monoisotopic (exact) mass is 392 g/mol. The zero-order valence-electron chi connectivity index (χ0n) is 17.0. The number of nitrogens with zero attached hydrogens (tertiary/aromatic N) is 1. The number of carbonyl (C=O) groups excluding carboxylic acids is 1. The Morgan fingerprint density at radius 2 is 1.75 bits per heavy atom. The standard InChI is InChI=1S/C20H28N2O6/c1-6-22-12-18(28-20(24)21-8-7-9-27-13(2)3)14-10-16(25-4)17(26-5)11-15(14)19(22)23/h10-13H,6-9H2,1-5H3,(H,21,24). The Balaban J connectivity index is 2.26. The van der Waals surface area contributed by atoms with Crippen molar-refractivity contribution in [1.29, 1.82) is 0 Å². The van der Waals surface area contributed by atoms with Gasteiger partial charge in [0.05, 0.1) is 31.9 Å². The summed E-state index contributed by atoms with van der Waals surface area (Å²) in [5, 5.41) is 3.55. The molecule has 0 spiro atoms. The predicted molar refractivity (Wildman–Crippen MR) is 107 cm³/mol. The fraction of sp³-hybridized carbons (Fsp3) is 0.500. The molecule has 1 amide bonds. The number of nitrogens with one attached hydrogen (secondary N) is 1. The molecule has 0 fully saturated rings. The van der Waals surface area contributed by atoms with Gasteiger partial charge in [-0.15, -0.1) is 0 Å². The van der Waals surface area contributed by atoms with Gasteiger partial charge in [0.25, 0.3) is 5.56 Å². The molecule has 2 rings (SSSR count). The summed E-state index contributed by atoms with van der Waals surface area (Å²) in [4.78, 5) is 24.9. The van der Waals surface area contributed by atoms with Gasteiger partial charge >= 0.3 is 6.09 Å². The molecule has 0 aliphatic heterocycles. The van der Waals surface area contributed by atoms with E-state index in [1.807, 2.05) is 20.8 Å². The molecule has 2 aromatic rings. The summed E-state index contributed by atoms with van der Waals surface area (Å²) >= 11 is 0. The van der Waals surface area contributed by atoms with E-state index in [1.54, 1.807) is 12.1 Å². The molecule has 8 heteroatoms. The molecule has 0 saturated carbocycles. The van der Waals surface area contributed by atoms with Gasteiger partial charge in [-0.3, -0.25) is 4.79 Å². The van der Waals surface area contributed by atoms with Crippen LogP contribution in [0.4, 0.5) is 4.79 Å². The number of carbonyl (C=O) groups is 1. The number of rotatable bonds is 9. The van der Waals surface area contributed by atoms with Crippen molar-refractivity contribution >= 4 is 16.9 Å². The molecule has 0 aliphatic carbocycles. The van der Waals surface area contributed by atoms with Crippen LogP contribution in [0.25, 0.3) is 10.8 Å². The van der Waals surface area contributed by atoms with Gasteiger partial charge in [0.15, 0.2) is 17.2 Å². The first-order chi connectivity index (χ1) is 13.4. The number of amides is 1. The predicted octanol–water partition coefficient (Wildman–Crippen LogP) is 2.94. The number of benzene rings is 1. The highest BCUT2D eigenvalue weighted by Gasteiger charge is 2.16. The molecule has 154 valence electrons. The minimum Gasteiger partial charge on any atom is -0.493 e. The lowest BCUT2D eigenvalue weighted by atomic mass is 10.1. The average Bonchev–Trinajstić information content (AvgIpc) is 2.68. The largest absolute Gasteiger partial charge is 0.493 e. The highest BCUT2D eigenvalue weighted by atomic mass is 16.6. The SMILES string of the molecule is CCn1cc(OC(=O)NCCCOC(C)C)c2cc(OC)c(OC)cc2c1=O. The third kappa shape index (κ3) is 5.16. The van der Waals surface area contributed by atoms with Gasteiger partial charge in [-0.2, -0.15) is 0 Å². The van der Waals surface area contributed by atoms with E-state index in [1.165, 1.54) is 25.0 Å². The molecule has 28 heavy (non-hydrogen) atoms. The lowest BCUT2D eigenvalue weighted by Crippen LogP contribution is -2.29. The third-order valence-corrected chi connectivity index (χ3v) is 4.14. The van der Waals surface area contributed by atoms with Crippen LogP contribution in [0.3, 0.4) is 0 Å². The Hall–Kier alpha value is -2.74. The second kappa shape index (κ2) is 9.98. The lowest BCUT2D eigenvalue weighted by Gasteiger charge is -2.14. The van der Waals surface area contributed by atoms with Crippen molar-refractivity contribution < 1.29 is 23.7 Å². The van der Waals surface area contributed by atoms with Crippen molar-refractivity contribution in [3.05, 3.63) is 28.7 Å². The van der Waals surface area contributed by atoms with E-state index in [4.69, 9.17) is 18.9 Å². The molecule has 1 heterocycles. The Kier molecular flexibility index (Phi) is 7.69. The van der Waals surface area contributed by atoms with E-state index in [2.05, 4.69) is 5.32 Å². The normalized spacial score (nSPS) is 10.9. The molecule has 0 aliphatic rings. The average molecular weight is 392 g/mol. The number of aromatic nitrogens is 1. The maximum absolute atomic E-state index is 12.7. The van der Waals surface area contributed by atoms with Crippen LogP contribution in [-0.4, -0.2) is 44.1 Å². The molecule has 0 atom stereocenters. The van der Waals surface area contributed by atoms with E-state index < -0.39 is 6.09 Å². The zero-order valence-corrected chi connectivity index (χ0v) is 17.0. The number of hydrogen-bond donors (Lipinski definition) is 1. The Morgan fingerprint density at radius 1 is 1.11 bits per heavy atom. The van der Waals surface area contributed by atoms with E-state index in [-0.39, 0.29) is 17.4 Å². The van der Waals surface area contributed by atoms with Crippen molar-refractivity contribution in [1.82, 2.24) is 9.88 Å². The van der Waals surface area contributed by atoms with Crippen molar-refractivity contribution in [2.24, 2.45) is 0 Å². The molecule has 1 aromatic carbocycles. The van der Waals surface area contributed by atoms with Crippen LogP contribution in [0, 0.1) is 0 Å². The second-order valence-electron chi connectivity index (χ2n) is 6.43. The van der Waals surface area contributed by atoms with Crippen LogP contribution in [0.1, 0.15) is 27.2 Å². The van der Waals surface area contributed by atoms with Crippen molar-refractivity contribution in [3.8, 4) is 17.2 Å². The quantitative estimate of drug-likeness (QED) is 0.660. The van der Waals surface area contributed by atoms with Gasteiger partial charge in [-0.05, 0) is 39.3 Å². The van der Waals surface area contributed by atoms with Crippen molar-refractivity contribution in [2.45, 2.75) is 39.8 Å². The Morgan fingerprint density at radius 3 is 2.32 bits per heavy atom. The fourth-order valence-corrected chi connectivity index (χ4v) is 2.72. The van der Waals surface area contributed by atoms with Crippen LogP contribution in [0.15, 0.2) is 23.1 Å². The zero-order chi connectivity index (χ0) is 20.7. The minimum absolute atomic E-state index is 0.153. The van der Waals surface area contributed by atoms with Gasteiger partial charge < -0.3 is 28.8 Å². The number of pyridine rings is 1. The topological polar surface area (TPSA) is 88.0 Å². The molecule has 1 N–H and O–H groups in total. The van der Waals surface area contributed by atoms with Crippen molar-refractivity contribution in [3.63, 3.8) is 0 Å². The number of fused-ring (bicyclic) bond motifs is 1. The minimum atomic E-state index is -0.595. The number of ether oxygens (including phenoxy) is 4. The maximum atomic E-state index is 12.7. The number of hydrogen-bond acceptors (Lipinski definition) is 6. The number of aryl methyl sites for hydroxylation is 1. The van der Waals surface area contributed by atoms with E-state index in [0.717, 1.165) is 0 Å². The highest BCUT2D eigenvalue weighted by Crippen LogP contribution is 2.34. The van der Waals surface area contributed by atoms with Crippen molar-refractivity contribution in [2.75, 3.05) is 27.4 Å². The molecular formula is C20H28N2O6. The first-order valence-electron chi connectivity index (χ1n) is 9.27. The van der Waals surface area contributed by atoms with E-state index >= 15 is 0 Å². The second-order valence-corrected chi connectivity index (χ2v) is 6.43. The van der Waals surface area contributed by atoms with Crippen LogP contribution >= 0.6 is 0 Å². The highest BCUT2D eigenvalue weighted by molar-refractivity contribution is 5.92. The molecule has 0 bridgehead atoms. The molecule has 8 nitrogen and oxygen atoms in total. The fourth-order valence-electron chi connectivity index (χ4n) is 2.72. The molecule has 1 aromatic heterocycles. The van der Waals surface area contributed by atoms with E-state index in [0.29, 0.717) is 48.4 Å². The van der Waals surface area contributed by atoms with Crippen LogP contribution < -0.4 is 25.1 Å². The summed E-state index contributed by atoms with van der Waals surface area (Å²) in [6.45, 7) is 7.17. The summed E-state index contributed by atoms with van der Waals surface area (Å²) < 4.78 is 23.0. The first-order valence-corrected chi connectivity index (χ1v) is 9.27. The summed E-state index contributed by atoms with van der Waals surface area (Å²) in [5.41, 5.74) is -0.197. The summed E-state index contributed by atoms with van der Waals surface area (Å²) in [7, 11) is 3.00. The van der Waals surface area contributed by atoms with Gasteiger partial charge in [-0.1, -0.05) is 0 Å². The molecule has 0 radical (unpaired) electrons.